The molecule has 7 heteroatoms. The van der Waals surface area contributed by atoms with Crippen molar-refractivity contribution in [1.29, 1.82) is 0 Å². The van der Waals surface area contributed by atoms with Crippen molar-refractivity contribution < 1.29 is 22.5 Å². The highest BCUT2D eigenvalue weighted by atomic mass is 19.4. The van der Waals surface area contributed by atoms with Crippen LogP contribution in [0.4, 0.5) is 13.2 Å². The first kappa shape index (κ1) is 14.7. The highest BCUT2D eigenvalue weighted by molar-refractivity contribution is 5.89. The van der Waals surface area contributed by atoms with E-state index in [1.165, 1.54) is 0 Å². The summed E-state index contributed by atoms with van der Waals surface area (Å²) in [6.07, 6.45) is -4.43. The molecule has 1 heterocycles. The number of hydrogen-bond donors (Lipinski definition) is 0. The third-order valence-corrected chi connectivity index (χ3v) is 2.22. The van der Waals surface area contributed by atoms with E-state index in [4.69, 9.17) is 4.52 Å². The maximum absolute atomic E-state index is 12.2. The second kappa shape index (κ2) is 4.70. The van der Waals surface area contributed by atoms with Crippen LogP contribution >= 0.6 is 0 Å². The van der Waals surface area contributed by atoms with Crippen molar-refractivity contribution in [3.63, 3.8) is 0 Å². The highest BCUT2D eigenvalue weighted by Crippen LogP contribution is 2.27. The summed E-state index contributed by atoms with van der Waals surface area (Å²) in [5.41, 5.74) is -0.113. The zero-order chi connectivity index (χ0) is 14.1. The summed E-state index contributed by atoms with van der Waals surface area (Å²) in [5, 5.41) is 3.58. The number of nitrogens with zero attached hydrogens (tertiary/aromatic N) is 2. The first-order valence-corrected chi connectivity index (χ1v) is 5.44. The summed E-state index contributed by atoms with van der Waals surface area (Å²) in [7, 11) is 0. The molecule has 0 aliphatic heterocycles. The number of halogens is 3. The summed E-state index contributed by atoms with van der Waals surface area (Å²) >= 11 is 0. The summed E-state index contributed by atoms with van der Waals surface area (Å²) in [6.45, 7) is 6.91. The van der Waals surface area contributed by atoms with Crippen LogP contribution in [0, 0.1) is 5.41 Å². The molecule has 0 aromatic carbocycles. The fraction of sp³-hybridized carbons (Fsp3) is 0.727. The van der Waals surface area contributed by atoms with Gasteiger partial charge in [-0.1, -0.05) is 25.9 Å². The predicted molar refractivity (Wildman–Crippen MR) is 56.9 cm³/mol. The van der Waals surface area contributed by atoms with Crippen LogP contribution in [0.1, 0.15) is 45.3 Å². The number of carbonyl (C=O) groups excluding carboxylic acids is 1. The van der Waals surface area contributed by atoms with Gasteiger partial charge in [-0.2, -0.15) is 18.2 Å². The van der Waals surface area contributed by atoms with E-state index in [1.54, 1.807) is 0 Å². The van der Waals surface area contributed by atoms with E-state index in [2.05, 4.69) is 10.1 Å². The maximum Gasteiger partial charge on any atom is 0.450 e. The van der Waals surface area contributed by atoms with Gasteiger partial charge in [-0.3, -0.25) is 4.79 Å². The lowest BCUT2D eigenvalue weighted by Gasteiger charge is -2.14. The van der Waals surface area contributed by atoms with Gasteiger partial charge in [-0.15, -0.1) is 0 Å². The minimum atomic E-state index is -4.89. The van der Waals surface area contributed by atoms with Crippen LogP contribution in [0.5, 0.6) is 0 Å². The van der Waals surface area contributed by atoms with Crippen LogP contribution in [0.3, 0.4) is 0 Å². The molecule has 0 amide bonds. The van der Waals surface area contributed by atoms with Crippen molar-refractivity contribution >= 4 is 5.78 Å². The number of carbonyl (C=O) groups is 1. The van der Waals surface area contributed by atoms with Gasteiger partial charge in [0.15, 0.2) is 5.82 Å². The Bertz CT molecular complexity index is 432. The number of aromatic nitrogens is 2. The molecule has 1 aromatic rings. The molecule has 0 bridgehead atoms. The number of ketones is 1. The molecule has 0 fully saturated rings. The van der Waals surface area contributed by atoms with Crippen LogP contribution in [-0.2, 0) is 11.2 Å². The van der Waals surface area contributed by atoms with Crippen LogP contribution < -0.4 is 0 Å². The lowest BCUT2D eigenvalue weighted by molar-refractivity contribution is -0.172. The summed E-state index contributed by atoms with van der Waals surface area (Å²) in [5.74, 6) is -3.34. The summed E-state index contributed by atoms with van der Waals surface area (Å²) in [6, 6.07) is 0. The molecule has 0 spiro atoms. The largest absolute Gasteiger partial charge is 0.450 e. The average molecular weight is 264 g/mol. The van der Waals surface area contributed by atoms with Gasteiger partial charge in [0.05, 0.1) is 0 Å². The molecule has 1 unspecified atom stereocenters. The zero-order valence-corrected chi connectivity index (χ0v) is 10.6. The molecule has 1 atom stereocenters. The third kappa shape index (κ3) is 3.82. The molecule has 1 aromatic heterocycles. The van der Waals surface area contributed by atoms with Crippen LogP contribution in [0.25, 0.3) is 0 Å². The van der Waals surface area contributed by atoms with Crippen molar-refractivity contribution in [1.82, 2.24) is 10.1 Å². The smallest absolute Gasteiger partial charge is 0.339 e. The van der Waals surface area contributed by atoms with Gasteiger partial charge in [-0.25, -0.2) is 0 Å². The number of rotatable bonds is 3. The Balaban J connectivity index is 2.83. The van der Waals surface area contributed by atoms with Crippen molar-refractivity contribution in [2.24, 2.45) is 5.41 Å². The first-order chi connectivity index (χ1) is 8.00. The zero-order valence-electron chi connectivity index (χ0n) is 10.6. The first-order valence-electron chi connectivity index (χ1n) is 5.44. The van der Waals surface area contributed by atoms with Crippen molar-refractivity contribution in [3.8, 4) is 0 Å². The lowest BCUT2D eigenvalue weighted by Crippen LogP contribution is -2.27. The summed E-state index contributed by atoms with van der Waals surface area (Å²) in [4.78, 5) is 14.8. The van der Waals surface area contributed by atoms with E-state index >= 15 is 0 Å². The SMILES string of the molecule is CC(C(=O)C(F)(F)F)c1nc(CC(C)(C)C)no1. The monoisotopic (exact) mass is 264 g/mol. The molecule has 0 aliphatic rings. The standard InChI is InChI=1S/C11H15F3N2O2/c1-6(8(17)11(12,13)14)9-15-7(16-18-9)5-10(2,3)4/h6H,5H2,1-4H3. The van der Waals surface area contributed by atoms with Crippen molar-refractivity contribution in [2.45, 2.75) is 46.2 Å². The summed E-state index contributed by atoms with van der Waals surface area (Å²) < 4.78 is 41.4. The second-order valence-corrected chi connectivity index (χ2v) is 5.37. The number of alkyl halides is 3. The molecule has 0 saturated heterocycles. The van der Waals surface area contributed by atoms with Crippen LogP contribution in [-0.4, -0.2) is 22.1 Å². The Labute approximate surface area is 103 Å². The lowest BCUT2D eigenvalue weighted by atomic mass is 9.92. The molecule has 1 rings (SSSR count). The van der Waals surface area contributed by atoms with E-state index in [9.17, 15) is 18.0 Å². The molecule has 0 saturated carbocycles. The third-order valence-electron chi connectivity index (χ3n) is 2.22. The number of Topliss-reactive ketones (excluding diaryl/α,β-unsaturated/α-hetero) is 1. The highest BCUT2D eigenvalue weighted by Gasteiger charge is 2.44. The molecule has 0 N–H and O–H groups in total. The molecule has 18 heavy (non-hydrogen) atoms. The number of hydrogen-bond acceptors (Lipinski definition) is 4. The molecule has 0 radical (unpaired) electrons. The van der Waals surface area contributed by atoms with Crippen molar-refractivity contribution in [2.75, 3.05) is 0 Å². The fourth-order valence-corrected chi connectivity index (χ4v) is 1.35. The van der Waals surface area contributed by atoms with Gasteiger partial charge in [0.25, 0.3) is 0 Å². The average Bonchev–Trinajstić information content (AvgIpc) is 2.59. The molecule has 4 nitrogen and oxygen atoms in total. The predicted octanol–water partition coefficient (Wildman–Crippen LogP) is 2.89. The van der Waals surface area contributed by atoms with E-state index in [0.717, 1.165) is 6.92 Å². The normalized spacial score (nSPS) is 14.6. The van der Waals surface area contributed by atoms with E-state index in [0.29, 0.717) is 12.2 Å². The maximum atomic E-state index is 12.2. The molecular formula is C11H15F3N2O2. The van der Waals surface area contributed by atoms with Gasteiger partial charge < -0.3 is 4.52 Å². The van der Waals surface area contributed by atoms with Gasteiger partial charge in [0, 0.05) is 6.42 Å². The van der Waals surface area contributed by atoms with Crippen LogP contribution in [0.15, 0.2) is 4.52 Å². The Kier molecular flexibility index (Phi) is 3.83. The van der Waals surface area contributed by atoms with Gasteiger partial charge in [0.2, 0.25) is 11.7 Å². The van der Waals surface area contributed by atoms with E-state index in [1.807, 2.05) is 20.8 Å². The second-order valence-electron chi connectivity index (χ2n) is 5.37. The molecule has 102 valence electrons. The van der Waals surface area contributed by atoms with Crippen LogP contribution in [0.2, 0.25) is 0 Å². The Hall–Kier alpha value is -1.40. The topological polar surface area (TPSA) is 56.0 Å². The minimum absolute atomic E-state index is 0.113. The van der Waals surface area contributed by atoms with E-state index in [-0.39, 0.29) is 11.3 Å². The van der Waals surface area contributed by atoms with Gasteiger partial charge in [-0.05, 0) is 12.3 Å². The molecule has 0 aliphatic carbocycles. The molecular weight excluding hydrogens is 249 g/mol. The Morgan fingerprint density at radius 1 is 1.33 bits per heavy atom. The van der Waals surface area contributed by atoms with E-state index < -0.39 is 17.9 Å². The fourth-order valence-electron chi connectivity index (χ4n) is 1.35. The Morgan fingerprint density at radius 2 is 1.89 bits per heavy atom. The quantitative estimate of drug-likeness (QED) is 0.842. The minimum Gasteiger partial charge on any atom is -0.339 e. The van der Waals surface area contributed by atoms with Gasteiger partial charge >= 0.3 is 6.18 Å². The Morgan fingerprint density at radius 3 is 2.33 bits per heavy atom. The van der Waals surface area contributed by atoms with Crippen molar-refractivity contribution in [3.05, 3.63) is 11.7 Å². The van der Waals surface area contributed by atoms with Gasteiger partial charge in [0.1, 0.15) is 5.92 Å².